The van der Waals surface area contributed by atoms with Gasteiger partial charge in [-0.3, -0.25) is 0 Å². The topological polar surface area (TPSA) is 21.3 Å². The number of hydrogen-bond acceptors (Lipinski definition) is 2. The van der Waals surface area contributed by atoms with Crippen LogP contribution < -0.4 is 5.32 Å². The van der Waals surface area contributed by atoms with E-state index in [4.69, 9.17) is 16.3 Å². The van der Waals surface area contributed by atoms with Crippen LogP contribution in [0.5, 0.6) is 0 Å². The smallest absolute Gasteiger partial charge is 0.0494 e. The summed E-state index contributed by atoms with van der Waals surface area (Å²) >= 11 is 6.09. The third-order valence-electron chi connectivity index (χ3n) is 3.60. The normalized spacial score (nSPS) is 18.6. The Labute approximate surface area is 115 Å². The average molecular weight is 268 g/mol. The Morgan fingerprint density at radius 1 is 1.44 bits per heavy atom. The van der Waals surface area contributed by atoms with Crippen molar-refractivity contribution in [2.75, 3.05) is 20.3 Å². The Morgan fingerprint density at radius 2 is 2.22 bits per heavy atom. The predicted molar refractivity (Wildman–Crippen MR) is 76.3 cm³/mol. The minimum Gasteiger partial charge on any atom is -0.384 e. The molecule has 0 aromatic heterocycles. The van der Waals surface area contributed by atoms with E-state index in [0.29, 0.717) is 11.8 Å². The molecule has 2 nitrogen and oxygen atoms in total. The monoisotopic (exact) mass is 267 g/mol. The molecule has 100 valence electrons. The summed E-state index contributed by atoms with van der Waals surface area (Å²) in [5.74, 6) is 0.948. The van der Waals surface area contributed by atoms with Gasteiger partial charge in [0.25, 0.3) is 0 Å². The first-order valence-corrected chi connectivity index (χ1v) is 7.06. The van der Waals surface area contributed by atoms with Crippen LogP contribution in [0.1, 0.15) is 31.2 Å². The first kappa shape index (κ1) is 13.9. The molecule has 1 aliphatic carbocycles. The average Bonchev–Trinajstić information content (AvgIpc) is 3.14. The molecule has 1 aromatic carbocycles. The first-order chi connectivity index (χ1) is 8.70. The SMILES string of the molecule is COCC(C)C(CNC1CC1)c1cccc(Cl)c1. The minimum atomic E-state index is 0.462. The molecule has 2 atom stereocenters. The molecule has 3 heteroatoms. The van der Waals surface area contributed by atoms with E-state index in [2.05, 4.69) is 24.4 Å². The molecule has 0 saturated heterocycles. The zero-order valence-corrected chi connectivity index (χ0v) is 11.9. The van der Waals surface area contributed by atoms with Crippen molar-refractivity contribution in [3.8, 4) is 0 Å². The van der Waals surface area contributed by atoms with E-state index in [0.717, 1.165) is 24.2 Å². The molecule has 1 aliphatic rings. The lowest BCUT2D eigenvalue weighted by atomic mass is 9.87. The molecule has 0 aliphatic heterocycles. The van der Waals surface area contributed by atoms with Crippen molar-refractivity contribution in [2.45, 2.75) is 31.7 Å². The van der Waals surface area contributed by atoms with Crippen molar-refractivity contribution >= 4 is 11.6 Å². The number of benzene rings is 1. The summed E-state index contributed by atoms with van der Waals surface area (Å²) < 4.78 is 5.30. The summed E-state index contributed by atoms with van der Waals surface area (Å²) in [6, 6.07) is 8.93. The van der Waals surface area contributed by atoms with E-state index in [-0.39, 0.29) is 0 Å². The third-order valence-corrected chi connectivity index (χ3v) is 3.83. The fourth-order valence-corrected chi connectivity index (χ4v) is 2.54. The van der Waals surface area contributed by atoms with Crippen LogP contribution in [0.3, 0.4) is 0 Å². The second-order valence-corrected chi connectivity index (χ2v) is 5.71. The quantitative estimate of drug-likeness (QED) is 0.817. The van der Waals surface area contributed by atoms with Crippen molar-refractivity contribution in [3.05, 3.63) is 34.9 Å². The number of nitrogens with one attached hydrogen (secondary N) is 1. The highest BCUT2D eigenvalue weighted by Crippen LogP contribution is 2.28. The fourth-order valence-electron chi connectivity index (χ4n) is 2.34. The molecular formula is C15H22ClNO. The van der Waals surface area contributed by atoms with E-state index in [1.165, 1.54) is 18.4 Å². The second kappa shape index (κ2) is 6.55. The van der Waals surface area contributed by atoms with Gasteiger partial charge in [0.05, 0.1) is 0 Å². The van der Waals surface area contributed by atoms with Gasteiger partial charge in [-0.25, -0.2) is 0 Å². The van der Waals surface area contributed by atoms with E-state index in [1.54, 1.807) is 7.11 Å². The van der Waals surface area contributed by atoms with Crippen LogP contribution in [0.4, 0.5) is 0 Å². The van der Waals surface area contributed by atoms with Crippen molar-refractivity contribution in [2.24, 2.45) is 5.92 Å². The maximum atomic E-state index is 6.09. The highest BCUT2D eigenvalue weighted by Gasteiger charge is 2.25. The van der Waals surface area contributed by atoms with Gasteiger partial charge < -0.3 is 10.1 Å². The predicted octanol–water partition coefficient (Wildman–Crippen LogP) is 3.46. The molecule has 0 spiro atoms. The Bertz CT molecular complexity index is 379. The zero-order chi connectivity index (χ0) is 13.0. The highest BCUT2D eigenvalue weighted by atomic mass is 35.5. The van der Waals surface area contributed by atoms with E-state index >= 15 is 0 Å². The number of ether oxygens (including phenoxy) is 1. The Balaban J connectivity index is 2.06. The molecule has 2 unspecified atom stereocenters. The Hall–Kier alpha value is -0.570. The van der Waals surface area contributed by atoms with Gasteiger partial charge in [0.2, 0.25) is 0 Å². The highest BCUT2D eigenvalue weighted by molar-refractivity contribution is 6.30. The molecular weight excluding hydrogens is 246 g/mol. The van der Waals surface area contributed by atoms with Gasteiger partial charge >= 0.3 is 0 Å². The fraction of sp³-hybridized carbons (Fsp3) is 0.600. The molecule has 1 N–H and O–H groups in total. The van der Waals surface area contributed by atoms with Crippen LogP contribution in [0.25, 0.3) is 0 Å². The lowest BCUT2D eigenvalue weighted by molar-refractivity contribution is 0.146. The summed E-state index contributed by atoms with van der Waals surface area (Å²) in [7, 11) is 1.76. The van der Waals surface area contributed by atoms with Crippen LogP contribution in [-0.2, 0) is 4.74 Å². The van der Waals surface area contributed by atoms with Gasteiger partial charge in [-0.05, 0) is 36.5 Å². The van der Waals surface area contributed by atoms with Crippen molar-refractivity contribution in [1.29, 1.82) is 0 Å². The van der Waals surface area contributed by atoms with Gasteiger partial charge in [-0.2, -0.15) is 0 Å². The first-order valence-electron chi connectivity index (χ1n) is 6.68. The van der Waals surface area contributed by atoms with E-state index in [1.807, 2.05) is 12.1 Å². The number of methoxy groups -OCH3 is 1. The van der Waals surface area contributed by atoms with Crippen molar-refractivity contribution in [1.82, 2.24) is 5.32 Å². The number of halogens is 1. The molecule has 0 bridgehead atoms. The van der Waals surface area contributed by atoms with Crippen LogP contribution in [0, 0.1) is 5.92 Å². The molecule has 2 rings (SSSR count). The van der Waals surface area contributed by atoms with Gasteiger partial charge in [0, 0.05) is 37.2 Å². The Kier molecular flexibility index (Phi) is 5.04. The van der Waals surface area contributed by atoms with Crippen LogP contribution in [-0.4, -0.2) is 26.3 Å². The molecule has 0 radical (unpaired) electrons. The minimum absolute atomic E-state index is 0.462. The summed E-state index contributed by atoms with van der Waals surface area (Å²) in [4.78, 5) is 0. The van der Waals surface area contributed by atoms with Gasteiger partial charge in [-0.15, -0.1) is 0 Å². The van der Waals surface area contributed by atoms with Gasteiger partial charge in [0.15, 0.2) is 0 Å². The molecule has 1 saturated carbocycles. The lowest BCUT2D eigenvalue weighted by Gasteiger charge is -2.24. The largest absolute Gasteiger partial charge is 0.384 e. The van der Waals surface area contributed by atoms with Crippen LogP contribution in [0.15, 0.2) is 24.3 Å². The van der Waals surface area contributed by atoms with E-state index < -0.39 is 0 Å². The summed E-state index contributed by atoms with van der Waals surface area (Å²) in [6.45, 7) is 4.03. The summed E-state index contributed by atoms with van der Waals surface area (Å²) in [6.07, 6.45) is 2.64. The number of hydrogen-bond donors (Lipinski definition) is 1. The van der Waals surface area contributed by atoms with Crippen molar-refractivity contribution in [3.63, 3.8) is 0 Å². The van der Waals surface area contributed by atoms with Gasteiger partial charge in [-0.1, -0.05) is 30.7 Å². The molecule has 1 fully saturated rings. The van der Waals surface area contributed by atoms with Crippen molar-refractivity contribution < 1.29 is 4.74 Å². The number of rotatable bonds is 7. The molecule has 1 aromatic rings. The molecule has 18 heavy (non-hydrogen) atoms. The third kappa shape index (κ3) is 3.98. The maximum absolute atomic E-state index is 6.09. The van der Waals surface area contributed by atoms with E-state index in [9.17, 15) is 0 Å². The standard InChI is InChI=1S/C15H22ClNO/c1-11(10-18-2)15(9-17-14-6-7-14)12-4-3-5-13(16)8-12/h3-5,8,11,14-15,17H,6-7,9-10H2,1-2H3. The second-order valence-electron chi connectivity index (χ2n) is 5.28. The summed E-state index contributed by atoms with van der Waals surface area (Å²) in [5, 5.41) is 4.43. The van der Waals surface area contributed by atoms with Crippen LogP contribution in [0.2, 0.25) is 5.02 Å². The Morgan fingerprint density at radius 3 is 2.83 bits per heavy atom. The summed E-state index contributed by atoms with van der Waals surface area (Å²) in [5.41, 5.74) is 1.31. The molecule has 0 amide bonds. The molecule has 0 heterocycles. The maximum Gasteiger partial charge on any atom is 0.0494 e. The lowest BCUT2D eigenvalue weighted by Crippen LogP contribution is -2.29. The van der Waals surface area contributed by atoms with Gasteiger partial charge in [0.1, 0.15) is 0 Å². The van der Waals surface area contributed by atoms with Crippen LogP contribution >= 0.6 is 11.6 Å². The zero-order valence-electron chi connectivity index (χ0n) is 11.2.